The number of thiophene rings is 1. The predicted molar refractivity (Wildman–Crippen MR) is 144 cm³/mol. The van der Waals surface area contributed by atoms with Gasteiger partial charge in [0.15, 0.2) is 0 Å². The van der Waals surface area contributed by atoms with Gasteiger partial charge in [0.05, 0.1) is 18.4 Å². The summed E-state index contributed by atoms with van der Waals surface area (Å²) in [6.07, 6.45) is 4.02. The quantitative estimate of drug-likeness (QED) is 0.425. The van der Waals surface area contributed by atoms with E-state index in [-0.39, 0.29) is 30.0 Å². The van der Waals surface area contributed by atoms with Crippen LogP contribution in [0.25, 0.3) is 11.1 Å². The van der Waals surface area contributed by atoms with Crippen molar-refractivity contribution >= 4 is 46.4 Å². The van der Waals surface area contributed by atoms with Crippen LogP contribution in [0.4, 0.5) is 5.69 Å². The molecule has 2 N–H and O–H groups in total. The van der Waals surface area contributed by atoms with E-state index in [0.717, 1.165) is 35.3 Å². The average molecular weight is 556 g/mol. The summed E-state index contributed by atoms with van der Waals surface area (Å²) in [5.74, 6) is -1.29. The molecule has 9 nitrogen and oxygen atoms in total. The molecule has 3 heterocycles. The fourth-order valence-corrected chi connectivity index (χ4v) is 5.71. The molecule has 0 bridgehead atoms. The number of carbonyl (C=O) groups excluding carboxylic acids is 3. The Kier molecular flexibility index (Phi) is 7.13. The number of pyridine rings is 1. The lowest BCUT2D eigenvalue weighted by Crippen LogP contribution is -2.41. The highest BCUT2D eigenvalue weighted by atomic mass is 35.5. The first-order chi connectivity index (χ1) is 18.2. The van der Waals surface area contributed by atoms with Crippen LogP contribution in [0.1, 0.15) is 50.9 Å². The normalized spacial score (nSPS) is 15.9. The van der Waals surface area contributed by atoms with Crippen LogP contribution in [0.15, 0.2) is 46.7 Å². The van der Waals surface area contributed by atoms with E-state index in [1.165, 1.54) is 37.1 Å². The van der Waals surface area contributed by atoms with Crippen LogP contribution in [0.3, 0.4) is 0 Å². The second-order valence-electron chi connectivity index (χ2n) is 9.54. The van der Waals surface area contributed by atoms with E-state index >= 15 is 0 Å². The van der Waals surface area contributed by atoms with Gasteiger partial charge >= 0.3 is 5.97 Å². The third-order valence-corrected chi connectivity index (χ3v) is 8.08. The maximum absolute atomic E-state index is 13.4. The summed E-state index contributed by atoms with van der Waals surface area (Å²) < 4.78 is 11.2. The van der Waals surface area contributed by atoms with E-state index in [1.54, 1.807) is 11.4 Å². The highest BCUT2D eigenvalue weighted by Crippen LogP contribution is 2.43. The summed E-state index contributed by atoms with van der Waals surface area (Å²) >= 11 is 7.44. The summed E-state index contributed by atoms with van der Waals surface area (Å²) in [6, 6.07) is 7.45. The monoisotopic (exact) mass is 555 g/mol. The minimum Gasteiger partial charge on any atom is -0.465 e. The fraction of sp³-hybridized carbons (Fsp3) is 0.333. The van der Waals surface area contributed by atoms with Crippen LogP contribution in [0.5, 0.6) is 0 Å². The maximum atomic E-state index is 13.4. The van der Waals surface area contributed by atoms with Gasteiger partial charge in [-0.1, -0.05) is 17.7 Å². The smallest absolute Gasteiger partial charge is 0.348 e. The fourth-order valence-electron chi connectivity index (χ4n) is 4.78. The zero-order valence-electron chi connectivity index (χ0n) is 20.8. The Bertz CT molecular complexity index is 1490. The van der Waals surface area contributed by atoms with Gasteiger partial charge in [-0.25, -0.2) is 4.79 Å². The molecule has 2 aromatic heterocycles. The first kappa shape index (κ1) is 26.1. The van der Waals surface area contributed by atoms with Crippen LogP contribution < -0.4 is 16.2 Å². The molecule has 38 heavy (non-hydrogen) atoms. The van der Waals surface area contributed by atoms with E-state index in [9.17, 15) is 19.2 Å². The molecule has 3 aromatic rings. The number of hydrogen-bond acceptors (Lipinski definition) is 7. The number of nitrogens with one attached hydrogen (secondary N) is 2. The molecule has 198 valence electrons. The highest BCUT2D eigenvalue weighted by Gasteiger charge is 2.46. The molecule has 1 saturated carbocycles. The Balaban J connectivity index is 1.55. The molecule has 5 rings (SSSR count). The third kappa shape index (κ3) is 5.11. The van der Waals surface area contributed by atoms with E-state index in [2.05, 4.69) is 10.6 Å². The zero-order valence-corrected chi connectivity index (χ0v) is 22.4. The number of esters is 1. The maximum Gasteiger partial charge on any atom is 0.348 e. The molecule has 0 saturated heterocycles. The molecule has 0 radical (unpaired) electrons. The first-order valence-electron chi connectivity index (χ1n) is 12.1. The lowest BCUT2D eigenvalue weighted by molar-refractivity contribution is -0.119. The molecule has 2 amide bonds. The van der Waals surface area contributed by atoms with Crippen molar-refractivity contribution in [1.82, 2.24) is 9.88 Å². The van der Waals surface area contributed by atoms with Gasteiger partial charge in [0.2, 0.25) is 5.91 Å². The van der Waals surface area contributed by atoms with E-state index < -0.39 is 23.5 Å². The molecule has 11 heteroatoms. The molecular formula is C27H26ClN3O6S. The van der Waals surface area contributed by atoms with Gasteiger partial charge in [0.25, 0.3) is 11.5 Å². The topological polar surface area (TPSA) is 116 Å². The van der Waals surface area contributed by atoms with Gasteiger partial charge in [-0.3, -0.25) is 14.4 Å². The Morgan fingerprint density at radius 2 is 1.95 bits per heavy atom. The number of halogens is 1. The van der Waals surface area contributed by atoms with Crippen molar-refractivity contribution in [2.24, 2.45) is 0 Å². The van der Waals surface area contributed by atoms with Crippen molar-refractivity contribution in [1.29, 1.82) is 0 Å². The van der Waals surface area contributed by atoms with Crippen molar-refractivity contribution < 1.29 is 23.9 Å². The first-order valence-corrected chi connectivity index (χ1v) is 13.3. The summed E-state index contributed by atoms with van der Waals surface area (Å²) in [7, 11) is 2.78. The Morgan fingerprint density at radius 3 is 2.66 bits per heavy atom. The number of benzene rings is 1. The second kappa shape index (κ2) is 10.4. The molecular weight excluding hydrogens is 530 g/mol. The largest absolute Gasteiger partial charge is 0.465 e. The molecule has 2 aliphatic rings. The second-order valence-corrected chi connectivity index (χ2v) is 10.9. The SMILES string of the molecule is COCCC(C(=O)Nc1csc(C(=O)OC)c1)n1cc2c(cc1=O)-c1cc(Cl)ccc1CC1(CC1)NC2=O. The highest BCUT2D eigenvalue weighted by molar-refractivity contribution is 7.12. The van der Waals surface area contributed by atoms with Crippen molar-refractivity contribution in [3.05, 3.63) is 73.3 Å². The molecule has 1 unspecified atom stereocenters. The number of aromatic nitrogens is 1. The number of ether oxygens (including phenoxy) is 2. The molecule has 1 aliphatic heterocycles. The van der Waals surface area contributed by atoms with Gasteiger partial charge in [-0.2, -0.15) is 0 Å². The average Bonchev–Trinajstić information content (AvgIpc) is 3.48. The van der Waals surface area contributed by atoms with Crippen LogP contribution >= 0.6 is 22.9 Å². The molecule has 1 atom stereocenters. The van der Waals surface area contributed by atoms with Crippen molar-refractivity contribution in [2.75, 3.05) is 26.1 Å². The zero-order chi connectivity index (χ0) is 27.0. The number of nitrogens with zero attached hydrogens (tertiary/aromatic N) is 1. The Labute approximate surface area is 227 Å². The van der Waals surface area contributed by atoms with Gasteiger partial charge in [0, 0.05) is 53.9 Å². The number of hydrogen-bond donors (Lipinski definition) is 2. The number of carbonyl (C=O) groups is 3. The molecule has 1 fully saturated rings. The van der Waals surface area contributed by atoms with Crippen LogP contribution in [0, 0.1) is 0 Å². The van der Waals surface area contributed by atoms with Crippen LogP contribution in [-0.2, 0) is 20.7 Å². The lowest BCUT2D eigenvalue weighted by atomic mass is 9.89. The summed E-state index contributed by atoms with van der Waals surface area (Å²) in [6.45, 7) is 0.201. The van der Waals surface area contributed by atoms with E-state index in [0.29, 0.717) is 27.6 Å². The number of fused-ring (bicyclic) bond motifs is 3. The van der Waals surface area contributed by atoms with Gasteiger partial charge in [-0.05, 0) is 48.6 Å². The molecule has 1 spiro atoms. The number of amides is 2. The summed E-state index contributed by atoms with van der Waals surface area (Å²) in [4.78, 5) is 52.4. The van der Waals surface area contributed by atoms with E-state index in [1.807, 2.05) is 12.1 Å². The predicted octanol–water partition coefficient (Wildman–Crippen LogP) is 4.05. The van der Waals surface area contributed by atoms with Crippen LogP contribution in [-0.4, -0.2) is 48.7 Å². The molecule has 1 aliphatic carbocycles. The summed E-state index contributed by atoms with van der Waals surface area (Å²) in [5.41, 5.74) is 2.14. The Morgan fingerprint density at radius 1 is 1.16 bits per heavy atom. The van der Waals surface area contributed by atoms with Gasteiger partial charge < -0.3 is 24.7 Å². The van der Waals surface area contributed by atoms with Gasteiger partial charge in [0.1, 0.15) is 10.9 Å². The summed E-state index contributed by atoms with van der Waals surface area (Å²) in [5, 5.41) is 8.03. The van der Waals surface area contributed by atoms with E-state index in [4.69, 9.17) is 21.1 Å². The third-order valence-electron chi connectivity index (χ3n) is 6.94. The number of methoxy groups -OCH3 is 2. The molecule has 1 aromatic carbocycles. The van der Waals surface area contributed by atoms with Gasteiger partial charge in [-0.15, -0.1) is 11.3 Å². The Hall–Kier alpha value is -3.47. The number of rotatable bonds is 7. The van der Waals surface area contributed by atoms with Crippen molar-refractivity contribution in [3.63, 3.8) is 0 Å². The standard InChI is InChI=1S/C27H26ClN3O6S/c1-36-8-5-21(25(34)29-17-10-22(38-14-17)26(35)37-2)31-13-20-19(11-23(31)32)18-9-16(28)4-3-15(18)12-27(6-7-27)30-24(20)33/h3-4,9-11,13-14,21H,5-8,12H2,1-2H3,(H,29,34)(H,30,33). The van der Waals surface area contributed by atoms with Crippen LogP contribution in [0.2, 0.25) is 5.02 Å². The minimum absolute atomic E-state index is 0.184. The lowest BCUT2D eigenvalue weighted by Gasteiger charge is -2.26. The minimum atomic E-state index is -0.971. The van der Waals surface area contributed by atoms with Crippen molar-refractivity contribution in [2.45, 2.75) is 37.3 Å². The van der Waals surface area contributed by atoms with Crippen molar-refractivity contribution in [3.8, 4) is 11.1 Å². The number of anilines is 1.